The van der Waals surface area contributed by atoms with Crippen molar-refractivity contribution in [2.45, 2.75) is 39.1 Å². The van der Waals surface area contributed by atoms with Crippen LogP contribution in [0.25, 0.3) is 0 Å². The smallest absolute Gasteiger partial charge is 0.163 e. The summed E-state index contributed by atoms with van der Waals surface area (Å²) < 4.78 is 17.6. The number of carbonyl (C=O) groups is 1. The molecule has 0 heterocycles. The largest absolute Gasteiger partial charge is 0.367 e. The summed E-state index contributed by atoms with van der Waals surface area (Å²) in [6, 6.07) is 0. The van der Waals surface area contributed by atoms with Crippen LogP contribution in [0.5, 0.6) is 0 Å². The van der Waals surface area contributed by atoms with Crippen LogP contribution in [0.15, 0.2) is 0 Å². The molecule has 1 unspecified atom stereocenters. The van der Waals surface area contributed by atoms with Crippen molar-refractivity contribution >= 4 is 5.78 Å². The van der Waals surface area contributed by atoms with Crippen molar-refractivity contribution in [3.05, 3.63) is 0 Å². The second-order valence-electron chi connectivity index (χ2n) is 3.93. The van der Waals surface area contributed by atoms with E-state index in [1.54, 1.807) is 13.8 Å². The van der Waals surface area contributed by atoms with Gasteiger partial charge in [-0.05, 0) is 13.8 Å². The van der Waals surface area contributed by atoms with E-state index < -0.39 is 18.4 Å². The van der Waals surface area contributed by atoms with Crippen LogP contribution in [0.1, 0.15) is 26.7 Å². The molecule has 4 heteroatoms. The van der Waals surface area contributed by atoms with Crippen LogP contribution in [-0.2, 0) is 9.53 Å². The second-order valence-corrected chi connectivity index (χ2v) is 3.93. The van der Waals surface area contributed by atoms with Crippen LogP contribution in [0.4, 0.5) is 4.39 Å². The number of aliphatic hydroxyl groups excluding tert-OH is 1. The van der Waals surface area contributed by atoms with E-state index in [9.17, 15) is 14.3 Å². The van der Waals surface area contributed by atoms with Crippen molar-refractivity contribution in [3.8, 4) is 0 Å². The molecule has 0 aliphatic heterocycles. The highest BCUT2D eigenvalue weighted by Gasteiger charge is 2.50. The van der Waals surface area contributed by atoms with Gasteiger partial charge in [0.05, 0.1) is 11.5 Å². The molecule has 1 fully saturated rings. The Hall–Kier alpha value is -0.480. The fourth-order valence-corrected chi connectivity index (χ4v) is 1.47. The Morgan fingerprint density at radius 2 is 2.15 bits per heavy atom. The van der Waals surface area contributed by atoms with Gasteiger partial charge in [-0.15, -0.1) is 0 Å². The van der Waals surface area contributed by atoms with Crippen molar-refractivity contribution in [2.24, 2.45) is 5.41 Å². The summed E-state index contributed by atoms with van der Waals surface area (Å²) in [5.41, 5.74) is -0.957. The third-order valence-electron chi connectivity index (χ3n) is 2.29. The Bertz CT molecular complexity index is 195. The summed E-state index contributed by atoms with van der Waals surface area (Å²) in [4.78, 5) is 10.7. The van der Waals surface area contributed by atoms with Gasteiger partial charge >= 0.3 is 0 Å². The number of hydrogen-bond donors (Lipinski definition) is 1. The predicted molar refractivity (Wildman–Crippen MR) is 44.9 cm³/mol. The molecule has 3 nitrogen and oxygen atoms in total. The fraction of sp³-hybridized carbons (Fsp3) is 0.889. The molecule has 1 aliphatic carbocycles. The number of carbonyl (C=O) groups excluding carboxylic acids is 1. The molecule has 0 bridgehead atoms. The maximum atomic E-state index is 12.6. The SMILES string of the molecule is CC(C)OC(O)C1(CF)CC(=O)C1. The number of rotatable bonds is 4. The summed E-state index contributed by atoms with van der Waals surface area (Å²) >= 11 is 0. The molecule has 0 saturated heterocycles. The van der Waals surface area contributed by atoms with Gasteiger partial charge in [0, 0.05) is 12.8 Å². The highest BCUT2D eigenvalue weighted by atomic mass is 19.1. The molecule has 1 aliphatic rings. The lowest BCUT2D eigenvalue weighted by molar-refractivity contribution is -0.218. The summed E-state index contributed by atoms with van der Waals surface area (Å²) in [6.07, 6.45) is -1.13. The average molecular weight is 190 g/mol. The van der Waals surface area contributed by atoms with E-state index in [1.807, 2.05) is 0 Å². The molecule has 1 rings (SSSR count). The standard InChI is InChI=1S/C9H15FO3/c1-6(2)13-8(12)9(5-10)3-7(11)4-9/h6,8,12H,3-5H2,1-2H3. The molecular formula is C9H15FO3. The van der Waals surface area contributed by atoms with Crippen LogP contribution < -0.4 is 0 Å². The second kappa shape index (κ2) is 3.72. The number of ketones is 1. The van der Waals surface area contributed by atoms with Crippen molar-refractivity contribution in [1.82, 2.24) is 0 Å². The zero-order chi connectivity index (χ0) is 10.1. The van der Waals surface area contributed by atoms with E-state index in [4.69, 9.17) is 4.74 Å². The average Bonchev–Trinajstić information content (AvgIpc) is 1.96. The van der Waals surface area contributed by atoms with E-state index in [-0.39, 0.29) is 24.7 Å². The summed E-state index contributed by atoms with van der Waals surface area (Å²) in [7, 11) is 0. The molecule has 1 N–H and O–H groups in total. The number of ether oxygens (including phenoxy) is 1. The topological polar surface area (TPSA) is 46.5 Å². The van der Waals surface area contributed by atoms with Gasteiger partial charge in [-0.3, -0.25) is 9.18 Å². The first-order valence-corrected chi connectivity index (χ1v) is 4.41. The van der Waals surface area contributed by atoms with Gasteiger partial charge < -0.3 is 9.84 Å². The third kappa shape index (κ3) is 2.06. The minimum atomic E-state index is -1.16. The molecule has 0 aromatic heterocycles. The normalized spacial score (nSPS) is 23.0. The lowest BCUT2D eigenvalue weighted by atomic mass is 9.68. The van der Waals surface area contributed by atoms with Crippen LogP contribution in [-0.4, -0.2) is 30.0 Å². The van der Waals surface area contributed by atoms with Crippen molar-refractivity contribution in [2.75, 3.05) is 6.67 Å². The number of aliphatic hydroxyl groups is 1. The minimum Gasteiger partial charge on any atom is -0.367 e. The van der Waals surface area contributed by atoms with Gasteiger partial charge in [0.1, 0.15) is 12.5 Å². The highest BCUT2D eigenvalue weighted by molar-refractivity contribution is 5.86. The van der Waals surface area contributed by atoms with E-state index >= 15 is 0 Å². The molecule has 0 spiro atoms. The molecular weight excluding hydrogens is 175 g/mol. The van der Waals surface area contributed by atoms with Crippen molar-refractivity contribution in [3.63, 3.8) is 0 Å². The van der Waals surface area contributed by atoms with Gasteiger partial charge in [-0.1, -0.05) is 0 Å². The molecule has 0 aromatic rings. The Morgan fingerprint density at radius 3 is 2.46 bits per heavy atom. The number of alkyl halides is 1. The van der Waals surface area contributed by atoms with Crippen LogP contribution >= 0.6 is 0 Å². The summed E-state index contributed by atoms with van der Waals surface area (Å²) in [6.45, 7) is 2.82. The first kappa shape index (κ1) is 10.6. The van der Waals surface area contributed by atoms with E-state index in [1.165, 1.54) is 0 Å². The monoisotopic (exact) mass is 190 g/mol. The van der Waals surface area contributed by atoms with Gasteiger partial charge in [0.15, 0.2) is 6.29 Å². The fourth-order valence-electron chi connectivity index (χ4n) is 1.47. The molecule has 13 heavy (non-hydrogen) atoms. The summed E-state index contributed by atoms with van der Waals surface area (Å²) in [5.74, 6) is -0.0101. The van der Waals surface area contributed by atoms with Gasteiger partial charge in [-0.25, -0.2) is 0 Å². The Labute approximate surface area is 76.9 Å². The number of halogens is 1. The molecule has 1 saturated carbocycles. The van der Waals surface area contributed by atoms with Crippen LogP contribution in [0.2, 0.25) is 0 Å². The molecule has 76 valence electrons. The zero-order valence-electron chi connectivity index (χ0n) is 7.92. The highest BCUT2D eigenvalue weighted by Crippen LogP contribution is 2.42. The van der Waals surface area contributed by atoms with E-state index in [2.05, 4.69) is 0 Å². The maximum absolute atomic E-state index is 12.6. The predicted octanol–water partition coefficient (Wildman–Crippen LogP) is 1.05. The lowest BCUT2D eigenvalue weighted by Crippen LogP contribution is -2.50. The van der Waals surface area contributed by atoms with Gasteiger partial charge in [-0.2, -0.15) is 0 Å². The van der Waals surface area contributed by atoms with Crippen LogP contribution in [0, 0.1) is 5.41 Å². The lowest BCUT2D eigenvalue weighted by Gasteiger charge is -2.41. The quantitative estimate of drug-likeness (QED) is 0.674. The van der Waals surface area contributed by atoms with E-state index in [0.717, 1.165) is 0 Å². The number of Topliss-reactive ketones (excluding diaryl/α,β-unsaturated/α-hetero) is 1. The first-order valence-electron chi connectivity index (χ1n) is 4.41. The third-order valence-corrected chi connectivity index (χ3v) is 2.29. The molecule has 0 aromatic carbocycles. The Balaban J connectivity index is 2.52. The first-order chi connectivity index (χ1) is 6.00. The van der Waals surface area contributed by atoms with Crippen molar-refractivity contribution < 1.29 is 19.0 Å². The molecule has 1 atom stereocenters. The van der Waals surface area contributed by atoms with Gasteiger partial charge in [0.25, 0.3) is 0 Å². The van der Waals surface area contributed by atoms with Crippen LogP contribution in [0.3, 0.4) is 0 Å². The minimum absolute atomic E-state index is 0.0101. The molecule has 0 radical (unpaired) electrons. The maximum Gasteiger partial charge on any atom is 0.163 e. The Morgan fingerprint density at radius 1 is 1.62 bits per heavy atom. The van der Waals surface area contributed by atoms with Gasteiger partial charge in [0.2, 0.25) is 0 Å². The van der Waals surface area contributed by atoms with Crippen molar-refractivity contribution in [1.29, 1.82) is 0 Å². The zero-order valence-corrected chi connectivity index (χ0v) is 7.92. The molecule has 0 amide bonds. The van der Waals surface area contributed by atoms with E-state index in [0.29, 0.717) is 0 Å². The summed E-state index contributed by atoms with van der Waals surface area (Å²) in [5, 5.41) is 9.49. The Kier molecular flexibility index (Phi) is 3.03. The number of hydrogen-bond acceptors (Lipinski definition) is 3.